The van der Waals surface area contributed by atoms with Crippen LogP contribution in [0.25, 0.3) is 0 Å². The molecule has 1 aromatic carbocycles. The molecule has 140 valence electrons. The van der Waals surface area contributed by atoms with Crippen LogP contribution in [0.2, 0.25) is 0 Å². The molecule has 0 saturated carbocycles. The van der Waals surface area contributed by atoms with Crippen molar-refractivity contribution in [3.8, 4) is 0 Å². The van der Waals surface area contributed by atoms with Crippen LogP contribution in [0.15, 0.2) is 65.6 Å². The highest BCUT2D eigenvalue weighted by Gasteiger charge is 2.50. The molecule has 2 aliphatic rings. The maximum atomic E-state index is 12.8. The van der Waals surface area contributed by atoms with Gasteiger partial charge in [-0.2, -0.15) is 0 Å². The number of aliphatic imine (C=N–C) groups is 1. The summed E-state index contributed by atoms with van der Waals surface area (Å²) in [5, 5.41) is 6.11. The van der Waals surface area contributed by atoms with Crippen molar-refractivity contribution in [3.05, 3.63) is 77.3 Å². The van der Waals surface area contributed by atoms with Gasteiger partial charge in [-0.05, 0) is 55.2 Å². The summed E-state index contributed by atoms with van der Waals surface area (Å²) in [7, 11) is 0. The number of carbonyl (C=O) groups is 2. The van der Waals surface area contributed by atoms with E-state index >= 15 is 0 Å². The second-order valence-electron chi connectivity index (χ2n) is 7.00. The Morgan fingerprint density at radius 1 is 1.32 bits per heavy atom. The van der Waals surface area contributed by atoms with E-state index in [1.807, 2.05) is 30.3 Å². The van der Waals surface area contributed by atoms with Crippen molar-refractivity contribution in [1.29, 1.82) is 0 Å². The lowest BCUT2D eigenvalue weighted by Crippen LogP contribution is -2.35. The standard InChI is InChI=1S/C22H20N4O2/c1-3-23-18(13-27)9-14(2)25-17-7-6-15-11-22(12-16(15)10-17)19-5-4-8-24-20(19)26-21(22)28/h3-10,13,25H,2,11-12H2,1H3,(H,24,26,28)/b18-9-,23-3?. The molecular weight excluding hydrogens is 352 g/mol. The van der Waals surface area contributed by atoms with Crippen LogP contribution in [-0.4, -0.2) is 23.4 Å². The van der Waals surface area contributed by atoms with Crippen LogP contribution >= 0.6 is 0 Å². The van der Waals surface area contributed by atoms with Gasteiger partial charge in [-0.3, -0.25) is 14.6 Å². The predicted octanol–water partition coefficient (Wildman–Crippen LogP) is 3.17. The normalized spacial score (nSPS) is 20.2. The van der Waals surface area contributed by atoms with Crippen LogP contribution in [0.1, 0.15) is 23.6 Å². The number of rotatable bonds is 5. The lowest BCUT2D eigenvalue weighted by molar-refractivity contribution is -0.120. The second-order valence-corrected chi connectivity index (χ2v) is 7.00. The fourth-order valence-corrected chi connectivity index (χ4v) is 4.00. The Bertz CT molecular complexity index is 1050. The molecule has 1 spiro atoms. The molecule has 4 rings (SSSR count). The molecule has 2 aromatic rings. The van der Waals surface area contributed by atoms with Crippen LogP contribution in [0.5, 0.6) is 0 Å². The van der Waals surface area contributed by atoms with Crippen molar-refractivity contribution in [3.63, 3.8) is 0 Å². The summed E-state index contributed by atoms with van der Waals surface area (Å²) in [5.41, 5.74) is 4.37. The first kappa shape index (κ1) is 17.9. The number of hydrogen-bond donors (Lipinski definition) is 2. The van der Waals surface area contributed by atoms with Crippen LogP contribution in [-0.2, 0) is 27.8 Å². The van der Waals surface area contributed by atoms with Crippen molar-refractivity contribution in [2.24, 2.45) is 4.99 Å². The van der Waals surface area contributed by atoms with E-state index in [1.54, 1.807) is 25.4 Å². The van der Waals surface area contributed by atoms with E-state index in [1.165, 1.54) is 0 Å². The van der Waals surface area contributed by atoms with Gasteiger partial charge in [0.25, 0.3) is 0 Å². The van der Waals surface area contributed by atoms with Crippen molar-refractivity contribution in [1.82, 2.24) is 4.98 Å². The Balaban J connectivity index is 1.58. The Kier molecular flexibility index (Phi) is 4.39. The Hall–Kier alpha value is -3.54. The topological polar surface area (TPSA) is 83.5 Å². The Morgan fingerprint density at radius 3 is 2.93 bits per heavy atom. The summed E-state index contributed by atoms with van der Waals surface area (Å²) in [6.45, 7) is 5.68. The van der Waals surface area contributed by atoms with Crippen molar-refractivity contribution in [2.45, 2.75) is 25.2 Å². The number of hydrogen-bond acceptors (Lipinski definition) is 5. The van der Waals surface area contributed by atoms with Crippen molar-refractivity contribution >= 4 is 29.9 Å². The molecule has 1 amide bonds. The minimum absolute atomic E-state index is 0.00676. The highest BCUT2D eigenvalue weighted by atomic mass is 16.2. The fourth-order valence-electron chi connectivity index (χ4n) is 4.00. The number of pyridine rings is 1. The molecule has 1 atom stereocenters. The molecule has 6 heteroatoms. The average Bonchev–Trinajstić information content (AvgIpc) is 3.19. The molecule has 2 heterocycles. The zero-order chi connectivity index (χ0) is 19.7. The van der Waals surface area contributed by atoms with Gasteiger partial charge in [0.15, 0.2) is 6.29 Å². The van der Waals surface area contributed by atoms with E-state index in [-0.39, 0.29) is 5.91 Å². The quantitative estimate of drug-likeness (QED) is 0.365. The third-order valence-corrected chi connectivity index (χ3v) is 5.21. The third kappa shape index (κ3) is 2.93. The van der Waals surface area contributed by atoms with E-state index in [9.17, 15) is 9.59 Å². The molecule has 1 aliphatic heterocycles. The van der Waals surface area contributed by atoms with E-state index in [2.05, 4.69) is 27.2 Å². The molecule has 1 unspecified atom stereocenters. The first-order valence-corrected chi connectivity index (χ1v) is 9.06. The number of aromatic nitrogens is 1. The van der Waals surface area contributed by atoms with E-state index in [0.29, 0.717) is 36.3 Å². The number of carbonyl (C=O) groups excluding carboxylic acids is 2. The summed E-state index contributed by atoms with van der Waals surface area (Å²) in [6, 6.07) is 9.88. The van der Waals surface area contributed by atoms with E-state index in [0.717, 1.165) is 22.4 Å². The number of aldehydes is 1. The Labute approximate surface area is 163 Å². The number of fused-ring (bicyclic) bond motifs is 3. The highest BCUT2D eigenvalue weighted by molar-refractivity contribution is 6.06. The van der Waals surface area contributed by atoms with Gasteiger partial charge in [0.2, 0.25) is 5.91 Å². The van der Waals surface area contributed by atoms with Gasteiger partial charge in [-0.25, -0.2) is 4.98 Å². The number of allylic oxidation sites excluding steroid dienone is 2. The smallest absolute Gasteiger partial charge is 0.237 e. The van der Waals surface area contributed by atoms with E-state index < -0.39 is 5.41 Å². The van der Waals surface area contributed by atoms with Gasteiger partial charge in [0.1, 0.15) is 11.5 Å². The SMILES string of the molecule is C=C(/C=C(/C=O)N=CC)Nc1ccc2c(c1)CC1(C2)C(=O)Nc2ncccc21. The van der Waals surface area contributed by atoms with Gasteiger partial charge < -0.3 is 10.6 Å². The van der Waals surface area contributed by atoms with Gasteiger partial charge in [0.05, 0.1) is 5.41 Å². The number of benzene rings is 1. The second kappa shape index (κ2) is 6.88. The lowest BCUT2D eigenvalue weighted by atomic mass is 9.79. The van der Waals surface area contributed by atoms with Gasteiger partial charge in [-0.15, -0.1) is 0 Å². The zero-order valence-corrected chi connectivity index (χ0v) is 15.5. The molecule has 6 nitrogen and oxygen atoms in total. The minimum Gasteiger partial charge on any atom is -0.356 e. The largest absolute Gasteiger partial charge is 0.356 e. The minimum atomic E-state index is -0.581. The molecule has 1 aliphatic carbocycles. The van der Waals surface area contributed by atoms with Crippen LogP contribution in [0.3, 0.4) is 0 Å². The summed E-state index contributed by atoms with van der Waals surface area (Å²) in [6.07, 6.45) is 6.82. The summed E-state index contributed by atoms with van der Waals surface area (Å²) >= 11 is 0. The van der Waals surface area contributed by atoms with Crippen molar-refractivity contribution in [2.75, 3.05) is 10.6 Å². The molecule has 0 radical (unpaired) electrons. The molecule has 0 fully saturated rings. The number of nitrogens with zero attached hydrogens (tertiary/aromatic N) is 2. The summed E-state index contributed by atoms with van der Waals surface area (Å²) in [5.74, 6) is 0.669. The summed E-state index contributed by atoms with van der Waals surface area (Å²) in [4.78, 5) is 32.1. The Morgan fingerprint density at radius 2 is 2.14 bits per heavy atom. The molecular formula is C22H20N4O2. The maximum Gasteiger partial charge on any atom is 0.237 e. The molecule has 2 N–H and O–H groups in total. The number of anilines is 2. The third-order valence-electron chi connectivity index (χ3n) is 5.21. The molecule has 0 bridgehead atoms. The van der Waals surface area contributed by atoms with E-state index in [4.69, 9.17) is 0 Å². The fraction of sp³-hybridized carbons (Fsp3) is 0.182. The molecule has 0 saturated heterocycles. The number of amides is 1. The van der Waals surface area contributed by atoms with Gasteiger partial charge in [-0.1, -0.05) is 18.7 Å². The van der Waals surface area contributed by atoms with Crippen LogP contribution in [0.4, 0.5) is 11.5 Å². The zero-order valence-electron chi connectivity index (χ0n) is 15.5. The van der Waals surface area contributed by atoms with Crippen molar-refractivity contribution < 1.29 is 9.59 Å². The molecule has 28 heavy (non-hydrogen) atoms. The van der Waals surface area contributed by atoms with Gasteiger partial charge >= 0.3 is 0 Å². The maximum absolute atomic E-state index is 12.8. The first-order chi connectivity index (χ1) is 13.6. The monoisotopic (exact) mass is 372 g/mol. The average molecular weight is 372 g/mol. The molecule has 1 aromatic heterocycles. The van der Waals surface area contributed by atoms with Gasteiger partial charge in [0, 0.05) is 29.4 Å². The van der Waals surface area contributed by atoms with Crippen LogP contribution < -0.4 is 10.6 Å². The predicted molar refractivity (Wildman–Crippen MR) is 109 cm³/mol. The highest BCUT2D eigenvalue weighted by Crippen LogP contribution is 2.46. The first-order valence-electron chi connectivity index (χ1n) is 9.06. The summed E-state index contributed by atoms with van der Waals surface area (Å²) < 4.78 is 0. The van der Waals surface area contributed by atoms with Crippen LogP contribution in [0, 0.1) is 0 Å². The lowest BCUT2D eigenvalue weighted by Gasteiger charge is -2.20. The number of nitrogens with one attached hydrogen (secondary N) is 2.